The van der Waals surface area contributed by atoms with Gasteiger partial charge in [-0.2, -0.15) is 0 Å². The van der Waals surface area contributed by atoms with E-state index in [1.54, 1.807) is 0 Å². The van der Waals surface area contributed by atoms with Crippen LogP contribution in [-0.2, 0) is 12.8 Å². The summed E-state index contributed by atoms with van der Waals surface area (Å²) in [4.78, 5) is 0. The summed E-state index contributed by atoms with van der Waals surface area (Å²) in [6, 6.07) is 29.2. The molecule has 1 aliphatic carbocycles. The second-order valence-electron chi connectivity index (χ2n) is 10.9. The third-order valence-electron chi connectivity index (χ3n) is 8.13. The first kappa shape index (κ1) is 26.2. The van der Waals surface area contributed by atoms with Crippen LogP contribution in [0.25, 0.3) is 12.2 Å². The van der Waals surface area contributed by atoms with Crippen molar-refractivity contribution >= 4 is 12.2 Å². The topological polar surface area (TPSA) is 0 Å². The highest BCUT2D eigenvalue weighted by atomic mass is 14.3. The molecule has 1 aliphatic rings. The van der Waals surface area contributed by atoms with Gasteiger partial charge in [0.2, 0.25) is 0 Å². The van der Waals surface area contributed by atoms with Gasteiger partial charge in [-0.25, -0.2) is 0 Å². The summed E-state index contributed by atoms with van der Waals surface area (Å²) >= 11 is 0. The quantitative estimate of drug-likeness (QED) is 0.191. The Morgan fingerprint density at radius 1 is 0.694 bits per heavy atom. The lowest BCUT2D eigenvalue weighted by Crippen LogP contribution is -2.16. The molecule has 1 atom stereocenters. The second-order valence-corrected chi connectivity index (χ2v) is 10.9. The van der Waals surface area contributed by atoms with Gasteiger partial charge in [-0.15, -0.1) is 0 Å². The van der Waals surface area contributed by atoms with Gasteiger partial charge in [-0.1, -0.05) is 136 Å². The van der Waals surface area contributed by atoms with Gasteiger partial charge in [0.05, 0.1) is 0 Å². The molecule has 1 fully saturated rings. The van der Waals surface area contributed by atoms with Crippen molar-refractivity contribution in [2.75, 3.05) is 0 Å². The van der Waals surface area contributed by atoms with Crippen molar-refractivity contribution in [3.8, 4) is 0 Å². The fourth-order valence-corrected chi connectivity index (χ4v) is 5.74. The van der Waals surface area contributed by atoms with Crippen molar-refractivity contribution in [2.45, 2.75) is 77.6 Å². The van der Waals surface area contributed by atoms with Crippen LogP contribution in [0.1, 0.15) is 92.5 Å². The van der Waals surface area contributed by atoms with E-state index in [2.05, 4.69) is 117 Å². The van der Waals surface area contributed by atoms with E-state index < -0.39 is 0 Å². The zero-order chi connectivity index (χ0) is 25.0. The maximum absolute atomic E-state index is 2.41. The van der Waals surface area contributed by atoms with Crippen molar-refractivity contribution in [1.82, 2.24) is 0 Å². The minimum atomic E-state index is 0.688. The third kappa shape index (κ3) is 8.37. The molecular weight excluding hydrogens is 432 g/mol. The summed E-state index contributed by atoms with van der Waals surface area (Å²) in [6.07, 6.45) is 20.6. The summed E-state index contributed by atoms with van der Waals surface area (Å²) in [6.45, 7) is 4.49. The number of hydrogen-bond donors (Lipinski definition) is 0. The molecule has 3 aromatic rings. The van der Waals surface area contributed by atoms with Crippen LogP contribution in [0, 0.1) is 11.8 Å². The summed E-state index contributed by atoms with van der Waals surface area (Å²) < 4.78 is 0. The number of rotatable bonds is 11. The fourth-order valence-electron chi connectivity index (χ4n) is 5.74. The summed E-state index contributed by atoms with van der Waals surface area (Å²) in [7, 11) is 0. The molecule has 4 rings (SSSR count). The monoisotopic (exact) mass is 476 g/mol. The van der Waals surface area contributed by atoms with E-state index in [4.69, 9.17) is 0 Å². The summed E-state index contributed by atoms with van der Waals surface area (Å²) in [5.41, 5.74) is 6.94. The molecule has 0 heteroatoms. The largest absolute Gasteiger partial charge is 0.0917 e. The highest BCUT2D eigenvalue weighted by Crippen LogP contribution is 2.37. The Hall–Kier alpha value is -2.86. The van der Waals surface area contributed by atoms with Crippen LogP contribution in [0.15, 0.2) is 91.0 Å². The molecule has 3 aromatic carbocycles. The first-order chi connectivity index (χ1) is 17.7. The molecule has 0 nitrogen and oxygen atoms in total. The Balaban J connectivity index is 1.17. The van der Waals surface area contributed by atoms with Crippen molar-refractivity contribution in [1.29, 1.82) is 0 Å². The normalized spacial score (nSPS) is 19.2. The molecule has 0 aliphatic heterocycles. The molecule has 0 spiro atoms. The number of allylic oxidation sites excluding steroid dienone is 2. The summed E-state index contributed by atoms with van der Waals surface area (Å²) in [5.74, 6) is 2.51. The standard InChI is InChI=1S/C36H44/c1-3-4-6-9-30-12-14-31(15-13-30)16-17-32-18-20-33(21-19-32)22-23-34-24-26-35(27-25-34)28-29(2)36-10-7-5-8-11-36/h3-5,7-8,10-21,29,34-35H,6,9,22-28H2,1-2H3/t29-,34?,35?/m1/s1. The molecule has 0 heterocycles. The fraction of sp³-hybridized carbons (Fsp3) is 0.389. The molecule has 188 valence electrons. The molecule has 0 radical (unpaired) electrons. The Labute approximate surface area is 220 Å². The first-order valence-corrected chi connectivity index (χ1v) is 14.2. The van der Waals surface area contributed by atoms with E-state index in [0.717, 1.165) is 24.7 Å². The predicted molar refractivity (Wildman–Crippen MR) is 158 cm³/mol. The molecular formula is C36H44. The van der Waals surface area contributed by atoms with Gasteiger partial charge in [0.1, 0.15) is 0 Å². The van der Waals surface area contributed by atoms with E-state index in [1.165, 1.54) is 72.8 Å². The van der Waals surface area contributed by atoms with Gasteiger partial charge in [-0.3, -0.25) is 0 Å². The third-order valence-corrected chi connectivity index (χ3v) is 8.13. The van der Waals surface area contributed by atoms with Crippen molar-refractivity contribution < 1.29 is 0 Å². The number of benzene rings is 3. The van der Waals surface area contributed by atoms with Gasteiger partial charge in [-0.05, 0) is 84.6 Å². The van der Waals surface area contributed by atoms with Gasteiger partial charge in [0.15, 0.2) is 0 Å². The molecule has 1 saturated carbocycles. The average molecular weight is 477 g/mol. The summed E-state index contributed by atoms with van der Waals surface area (Å²) in [5, 5.41) is 0. The van der Waals surface area contributed by atoms with E-state index in [-0.39, 0.29) is 0 Å². The number of aryl methyl sites for hydroxylation is 2. The lowest BCUT2D eigenvalue weighted by atomic mass is 9.76. The minimum Gasteiger partial charge on any atom is -0.0917 e. The van der Waals surface area contributed by atoms with Crippen LogP contribution in [0.3, 0.4) is 0 Å². The molecule has 0 saturated heterocycles. The van der Waals surface area contributed by atoms with Crippen LogP contribution in [0.2, 0.25) is 0 Å². The van der Waals surface area contributed by atoms with Crippen LogP contribution in [0.4, 0.5) is 0 Å². The van der Waals surface area contributed by atoms with Crippen LogP contribution < -0.4 is 0 Å². The van der Waals surface area contributed by atoms with Gasteiger partial charge in [0.25, 0.3) is 0 Å². The maximum atomic E-state index is 2.41. The van der Waals surface area contributed by atoms with Crippen molar-refractivity contribution in [3.05, 3.63) is 119 Å². The Morgan fingerprint density at radius 3 is 1.83 bits per heavy atom. The van der Waals surface area contributed by atoms with Crippen molar-refractivity contribution in [3.63, 3.8) is 0 Å². The predicted octanol–water partition coefficient (Wildman–Crippen LogP) is 10.3. The lowest BCUT2D eigenvalue weighted by Gasteiger charge is -2.30. The van der Waals surface area contributed by atoms with Crippen LogP contribution in [0.5, 0.6) is 0 Å². The molecule has 0 N–H and O–H groups in total. The molecule has 0 unspecified atom stereocenters. The lowest BCUT2D eigenvalue weighted by molar-refractivity contribution is 0.245. The van der Waals surface area contributed by atoms with Crippen LogP contribution in [-0.4, -0.2) is 0 Å². The van der Waals surface area contributed by atoms with E-state index >= 15 is 0 Å². The van der Waals surface area contributed by atoms with Gasteiger partial charge < -0.3 is 0 Å². The molecule has 0 aromatic heterocycles. The smallest absolute Gasteiger partial charge is 0.0188 e. The molecule has 36 heavy (non-hydrogen) atoms. The van der Waals surface area contributed by atoms with Gasteiger partial charge in [0, 0.05) is 0 Å². The average Bonchev–Trinajstić information content (AvgIpc) is 2.93. The minimum absolute atomic E-state index is 0.688. The highest BCUT2D eigenvalue weighted by Gasteiger charge is 2.22. The van der Waals surface area contributed by atoms with E-state index in [1.807, 2.05) is 0 Å². The van der Waals surface area contributed by atoms with E-state index in [9.17, 15) is 0 Å². The molecule has 0 amide bonds. The Bertz CT molecular complexity index is 1060. The Kier molecular flexibility index (Phi) is 10.2. The van der Waals surface area contributed by atoms with Gasteiger partial charge >= 0.3 is 0 Å². The maximum Gasteiger partial charge on any atom is -0.0188 e. The SMILES string of the molecule is CC=CCCc1ccc(C=Cc2ccc(CCC3CCC(C[C@@H](C)c4ccccc4)CC3)cc2)cc1. The van der Waals surface area contributed by atoms with Crippen LogP contribution >= 0.6 is 0 Å². The highest BCUT2D eigenvalue weighted by molar-refractivity contribution is 5.69. The zero-order valence-electron chi connectivity index (χ0n) is 22.4. The van der Waals surface area contributed by atoms with E-state index in [0.29, 0.717) is 5.92 Å². The molecule has 0 bridgehead atoms. The second kappa shape index (κ2) is 14.0. The Morgan fingerprint density at radius 2 is 1.25 bits per heavy atom. The first-order valence-electron chi connectivity index (χ1n) is 14.2. The zero-order valence-corrected chi connectivity index (χ0v) is 22.4. The number of hydrogen-bond acceptors (Lipinski definition) is 0. The van der Waals surface area contributed by atoms with Crippen molar-refractivity contribution in [2.24, 2.45) is 11.8 Å².